The van der Waals surface area contributed by atoms with Crippen LogP contribution in [0.5, 0.6) is 5.88 Å². The quantitative estimate of drug-likeness (QED) is 0.690. The number of carboxylic acid groups (broad SMARTS) is 1. The molecule has 33 heavy (non-hydrogen) atoms. The maximum absolute atomic E-state index is 13.3. The number of hydrogen-bond acceptors (Lipinski definition) is 5. The van der Waals surface area contributed by atoms with Gasteiger partial charge in [0.1, 0.15) is 17.5 Å². The molecule has 1 unspecified atom stereocenters. The molecule has 1 aromatic carbocycles. The van der Waals surface area contributed by atoms with Gasteiger partial charge in [0.05, 0.1) is 19.7 Å². The Morgan fingerprint density at radius 2 is 1.94 bits per heavy atom. The van der Waals surface area contributed by atoms with Gasteiger partial charge >= 0.3 is 12.1 Å². The lowest BCUT2D eigenvalue weighted by atomic mass is 9.84. The minimum Gasteiger partial charge on any atom is -0.475 e. The summed E-state index contributed by atoms with van der Waals surface area (Å²) in [6, 6.07) is 9.85. The lowest BCUT2D eigenvalue weighted by Gasteiger charge is -2.52. The number of benzene rings is 1. The van der Waals surface area contributed by atoms with E-state index in [9.17, 15) is 22.4 Å². The van der Waals surface area contributed by atoms with Crippen molar-refractivity contribution in [3.05, 3.63) is 59.5 Å². The Labute approximate surface area is 186 Å². The second-order valence-electron chi connectivity index (χ2n) is 7.86. The number of alkyl halides is 3. The predicted octanol–water partition coefficient (Wildman–Crippen LogP) is 3.62. The first-order valence-electron chi connectivity index (χ1n) is 10.1. The first-order chi connectivity index (χ1) is 15.5. The highest BCUT2D eigenvalue weighted by Gasteiger charge is 2.50. The van der Waals surface area contributed by atoms with Gasteiger partial charge in [-0.1, -0.05) is 6.07 Å². The molecule has 1 N–H and O–H groups in total. The largest absolute Gasteiger partial charge is 0.490 e. The highest BCUT2D eigenvalue weighted by Crippen LogP contribution is 2.36. The molecule has 0 radical (unpaired) electrons. The predicted molar refractivity (Wildman–Crippen MR) is 107 cm³/mol. The minimum absolute atomic E-state index is 0.0310. The number of pyridine rings is 1. The normalized spacial score (nSPS) is 19.2. The van der Waals surface area contributed by atoms with E-state index < -0.39 is 12.1 Å². The summed E-state index contributed by atoms with van der Waals surface area (Å²) in [7, 11) is 0. The lowest BCUT2D eigenvalue weighted by molar-refractivity contribution is -0.192. The maximum Gasteiger partial charge on any atom is 0.490 e. The van der Waals surface area contributed by atoms with Crippen LogP contribution in [-0.2, 0) is 9.53 Å². The molecule has 0 aliphatic carbocycles. The molecule has 3 heterocycles. The second kappa shape index (κ2) is 9.74. The van der Waals surface area contributed by atoms with E-state index in [1.54, 1.807) is 24.1 Å². The summed E-state index contributed by atoms with van der Waals surface area (Å²) in [5, 5.41) is 7.12. The number of aromatic nitrogens is 1. The Morgan fingerprint density at radius 3 is 2.52 bits per heavy atom. The molecular formula is C22H22F4N2O5. The van der Waals surface area contributed by atoms with Gasteiger partial charge in [0.25, 0.3) is 5.91 Å². The summed E-state index contributed by atoms with van der Waals surface area (Å²) in [6.07, 6.45) is -1.80. The highest BCUT2D eigenvalue weighted by molar-refractivity contribution is 5.96. The van der Waals surface area contributed by atoms with Crippen LogP contribution in [0, 0.1) is 12.7 Å². The van der Waals surface area contributed by atoms with Gasteiger partial charge in [-0.2, -0.15) is 13.2 Å². The van der Waals surface area contributed by atoms with Crippen molar-refractivity contribution in [1.82, 2.24) is 9.88 Å². The molecule has 178 valence electrons. The Bertz CT molecular complexity index is 994. The number of likely N-dealkylation sites (tertiary alicyclic amines) is 1. The summed E-state index contributed by atoms with van der Waals surface area (Å²) in [5.41, 5.74) is 0.844. The van der Waals surface area contributed by atoms with Crippen molar-refractivity contribution in [2.75, 3.05) is 19.7 Å². The summed E-state index contributed by atoms with van der Waals surface area (Å²) in [6.45, 7) is 3.42. The van der Waals surface area contributed by atoms with Crippen molar-refractivity contribution in [2.45, 2.75) is 37.6 Å². The number of aliphatic carboxylic acids is 1. The average molecular weight is 470 g/mol. The summed E-state index contributed by atoms with van der Waals surface area (Å²) in [5.74, 6) is -2.55. The van der Waals surface area contributed by atoms with Gasteiger partial charge in [-0.05, 0) is 36.8 Å². The van der Waals surface area contributed by atoms with Crippen LogP contribution in [0.3, 0.4) is 0 Å². The minimum atomic E-state index is -5.08. The van der Waals surface area contributed by atoms with Crippen molar-refractivity contribution >= 4 is 11.9 Å². The van der Waals surface area contributed by atoms with Gasteiger partial charge in [0, 0.05) is 30.7 Å². The van der Waals surface area contributed by atoms with Crippen molar-refractivity contribution < 1.29 is 41.7 Å². The van der Waals surface area contributed by atoms with Crippen LogP contribution in [-0.4, -0.2) is 64.4 Å². The fourth-order valence-electron chi connectivity index (χ4n) is 3.72. The Kier molecular flexibility index (Phi) is 7.21. The van der Waals surface area contributed by atoms with Crippen LogP contribution in [0.4, 0.5) is 17.6 Å². The van der Waals surface area contributed by atoms with Crippen LogP contribution in [0.1, 0.15) is 28.8 Å². The molecule has 1 amide bonds. The average Bonchev–Trinajstić information content (AvgIpc) is 2.72. The van der Waals surface area contributed by atoms with E-state index >= 15 is 0 Å². The molecule has 7 nitrogen and oxygen atoms in total. The molecule has 2 fully saturated rings. The van der Waals surface area contributed by atoms with Gasteiger partial charge in [-0.25, -0.2) is 14.2 Å². The van der Waals surface area contributed by atoms with Crippen LogP contribution in [0.15, 0.2) is 42.6 Å². The number of nitrogens with zero attached hydrogens (tertiary/aromatic N) is 2. The molecule has 2 saturated heterocycles. The number of rotatable bonds is 3. The van der Waals surface area contributed by atoms with E-state index in [1.807, 2.05) is 18.2 Å². The molecule has 2 aliphatic heterocycles. The topological polar surface area (TPSA) is 89.0 Å². The molecule has 1 aromatic heterocycles. The number of carboxylic acids is 1. The van der Waals surface area contributed by atoms with E-state index in [2.05, 4.69) is 4.98 Å². The highest BCUT2D eigenvalue weighted by atomic mass is 19.4. The van der Waals surface area contributed by atoms with E-state index in [4.69, 9.17) is 19.4 Å². The van der Waals surface area contributed by atoms with Gasteiger partial charge in [0.15, 0.2) is 0 Å². The molecule has 2 aromatic rings. The van der Waals surface area contributed by atoms with Crippen LogP contribution in [0.2, 0.25) is 0 Å². The maximum atomic E-state index is 13.3. The Morgan fingerprint density at radius 1 is 1.24 bits per heavy atom. The number of aryl methyl sites for hydroxylation is 1. The third-order valence-corrected chi connectivity index (χ3v) is 5.28. The molecule has 1 spiro atoms. The zero-order valence-electron chi connectivity index (χ0n) is 17.6. The van der Waals surface area contributed by atoms with E-state index in [1.165, 1.54) is 12.1 Å². The van der Waals surface area contributed by atoms with Crippen molar-refractivity contribution in [3.8, 4) is 5.88 Å². The molecular weight excluding hydrogens is 448 g/mol. The summed E-state index contributed by atoms with van der Waals surface area (Å²) in [4.78, 5) is 27.5. The SMILES string of the molecule is Cc1cc(F)ccc1C(=O)N1CC2(CC(Oc3ccccn3)CCO2)C1.O=C(O)C(F)(F)F. The Hall–Kier alpha value is -3.21. The van der Waals surface area contributed by atoms with Gasteiger partial charge in [-0.3, -0.25) is 4.79 Å². The number of hydrogen-bond donors (Lipinski definition) is 1. The van der Waals surface area contributed by atoms with Crippen molar-refractivity contribution in [1.29, 1.82) is 0 Å². The first kappa shape index (κ1) is 24.4. The summed E-state index contributed by atoms with van der Waals surface area (Å²) >= 11 is 0. The molecule has 11 heteroatoms. The van der Waals surface area contributed by atoms with Crippen LogP contribution >= 0.6 is 0 Å². The number of ether oxygens (including phenoxy) is 2. The monoisotopic (exact) mass is 470 g/mol. The van der Waals surface area contributed by atoms with Crippen molar-refractivity contribution in [2.24, 2.45) is 0 Å². The van der Waals surface area contributed by atoms with Gasteiger partial charge in [0.2, 0.25) is 5.88 Å². The molecule has 2 aliphatic rings. The molecule has 1 atom stereocenters. The standard InChI is InChI=1S/C20H21FN2O3.C2HF3O2/c1-14-10-15(21)5-6-17(14)19(24)23-12-20(13-23)11-16(7-9-25-20)26-18-4-2-3-8-22-18;3-2(4,5)1(6)7/h2-6,8,10,16H,7,9,11-13H2,1H3;(H,6,7). The van der Waals surface area contributed by atoms with E-state index in [0.29, 0.717) is 36.7 Å². The fourth-order valence-corrected chi connectivity index (χ4v) is 3.72. The fraction of sp³-hybridized carbons (Fsp3) is 0.409. The third-order valence-electron chi connectivity index (χ3n) is 5.28. The van der Waals surface area contributed by atoms with E-state index in [0.717, 1.165) is 12.8 Å². The van der Waals surface area contributed by atoms with Gasteiger partial charge < -0.3 is 19.5 Å². The number of halogens is 4. The lowest BCUT2D eigenvalue weighted by Crippen LogP contribution is -2.67. The van der Waals surface area contributed by atoms with Crippen LogP contribution < -0.4 is 4.74 Å². The Balaban J connectivity index is 0.000000383. The zero-order chi connectivity index (χ0) is 24.2. The van der Waals surface area contributed by atoms with Crippen LogP contribution in [0.25, 0.3) is 0 Å². The second-order valence-corrected chi connectivity index (χ2v) is 7.86. The summed E-state index contributed by atoms with van der Waals surface area (Å²) < 4.78 is 56.9. The zero-order valence-corrected chi connectivity index (χ0v) is 17.6. The third kappa shape index (κ3) is 6.19. The molecule has 0 bridgehead atoms. The van der Waals surface area contributed by atoms with E-state index in [-0.39, 0.29) is 23.4 Å². The van der Waals surface area contributed by atoms with Crippen molar-refractivity contribution in [3.63, 3.8) is 0 Å². The first-order valence-corrected chi connectivity index (χ1v) is 10.1. The number of carbonyl (C=O) groups excluding carboxylic acids is 1. The molecule has 4 rings (SSSR count). The smallest absolute Gasteiger partial charge is 0.475 e. The number of carbonyl (C=O) groups is 2. The number of amides is 1. The molecule has 0 saturated carbocycles. The van der Waals surface area contributed by atoms with Gasteiger partial charge in [-0.15, -0.1) is 0 Å².